The highest BCUT2D eigenvalue weighted by molar-refractivity contribution is 14.1. The van der Waals surface area contributed by atoms with Crippen LogP contribution in [0.4, 0.5) is 0 Å². The van der Waals surface area contributed by atoms with Gasteiger partial charge in [0.2, 0.25) is 0 Å². The largest absolute Gasteiger partial charge is 0.313 e. The molecule has 3 aromatic rings. The third-order valence-corrected chi connectivity index (χ3v) is 4.50. The number of halogens is 1. The molecule has 1 heterocycles. The molecule has 1 aromatic heterocycles. The minimum absolute atomic E-state index is 0.313. The number of rotatable bonds is 4. The average Bonchev–Trinajstić information content (AvgIpc) is 2.54. The highest BCUT2D eigenvalue weighted by Gasteiger charge is 2.12. The van der Waals surface area contributed by atoms with Gasteiger partial charge in [0.25, 0.3) is 0 Å². The Morgan fingerprint density at radius 1 is 1.05 bits per heavy atom. The van der Waals surface area contributed by atoms with E-state index in [1.165, 1.54) is 20.1 Å². The molecule has 3 rings (SSSR count). The summed E-state index contributed by atoms with van der Waals surface area (Å²) in [5.41, 5.74) is 3.71. The summed E-state index contributed by atoms with van der Waals surface area (Å²) in [5, 5.41) is 4.67. The molecule has 0 aliphatic rings. The van der Waals surface area contributed by atoms with Crippen LogP contribution >= 0.6 is 22.6 Å². The number of nitrogens with one attached hydrogen (secondary N) is 1. The smallest absolute Gasteiger partial charge is 0.0704 e. The second-order valence-electron chi connectivity index (χ2n) is 5.08. The maximum absolute atomic E-state index is 4.44. The SMILES string of the molecule is CNC(Cc1ccnc2ccccc12)c1ccc(I)cc1. The number of aromatic nitrogens is 1. The van der Waals surface area contributed by atoms with Crippen LogP contribution in [0.5, 0.6) is 0 Å². The fourth-order valence-electron chi connectivity index (χ4n) is 2.63. The number of benzene rings is 2. The summed E-state index contributed by atoms with van der Waals surface area (Å²) in [6.07, 6.45) is 2.86. The minimum Gasteiger partial charge on any atom is -0.313 e. The lowest BCUT2D eigenvalue weighted by molar-refractivity contribution is 0.594. The van der Waals surface area contributed by atoms with Gasteiger partial charge >= 0.3 is 0 Å². The van der Waals surface area contributed by atoms with Crippen molar-refractivity contribution in [1.82, 2.24) is 10.3 Å². The van der Waals surface area contributed by atoms with Gasteiger partial charge in [-0.05, 0) is 71.5 Å². The molecule has 0 aliphatic carbocycles. The molecule has 0 spiro atoms. The molecule has 21 heavy (non-hydrogen) atoms. The van der Waals surface area contributed by atoms with Gasteiger partial charge in [-0.3, -0.25) is 4.98 Å². The Labute approximate surface area is 138 Å². The maximum Gasteiger partial charge on any atom is 0.0704 e. The molecule has 0 saturated heterocycles. The standard InChI is InChI=1S/C18H17IN2/c1-20-18(13-6-8-15(19)9-7-13)12-14-10-11-21-17-5-3-2-4-16(14)17/h2-11,18,20H,12H2,1H3. The van der Waals surface area contributed by atoms with Crippen LogP contribution < -0.4 is 5.32 Å². The van der Waals surface area contributed by atoms with E-state index in [9.17, 15) is 0 Å². The number of fused-ring (bicyclic) bond motifs is 1. The van der Waals surface area contributed by atoms with Crippen molar-refractivity contribution in [3.63, 3.8) is 0 Å². The summed E-state index contributed by atoms with van der Waals surface area (Å²) < 4.78 is 1.26. The van der Waals surface area contributed by atoms with E-state index in [4.69, 9.17) is 0 Å². The van der Waals surface area contributed by atoms with Crippen molar-refractivity contribution in [1.29, 1.82) is 0 Å². The lowest BCUT2D eigenvalue weighted by atomic mass is 9.97. The lowest BCUT2D eigenvalue weighted by Crippen LogP contribution is -2.19. The van der Waals surface area contributed by atoms with Crippen LogP contribution in [0.15, 0.2) is 60.8 Å². The predicted molar refractivity (Wildman–Crippen MR) is 96.4 cm³/mol. The molecule has 0 amide bonds. The zero-order chi connectivity index (χ0) is 14.7. The first-order valence-corrected chi connectivity index (χ1v) is 8.11. The zero-order valence-corrected chi connectivity index (χ0v) is 14.0. The van der Waals surface area contributed by atoms with Gasteiger partial charge < -0.3 is 5.32 Å². The van der Waals surface area contributed by atoms with Gasteiger partial charge in [-0.1, -0.05) is 30.3 Å². The summed E-state index contributed by atoms with van der Waals surface area (Å²) in [6.45, 7) is 0. The Balaban J connectivity index is 1.94. The highest BCUT2D eigenvalue weighted by atomic mass is 127. The van der Waals surface area contributed by atoms with Crippen LogP contribution in [-0.4, -0.2) is 12.0 Å². The third-order valence-electron chi connectivity index (χ3n) is 3.78. The average molecular weight is 388 g/mol. The van der Waals surface area contributed by atoms with E-state index in [1.807, 2.05) is 19.3 Å². The number of nitrogens with zero attached hydrogens (tertiary/aromatic N) is 1. The molecule has 0 fully saturated rings. The Bertz CT molecular complexity index is 732. The first-order chi connectivity index (χ1) is 10.3. The van der Waals surface area contributed by atoms with Gasteiger partial charge in [-0.25, -0.2) is 0 Å². The van der Waals surface area contributed by atoms with Crippen LogP contribution in [0.2, 0.25) is 0 Å². The van der Waals surface area contributed by atoms with E-state index in [0.717, 1.165) is 11.9 Å². The van der Waals surface area contributed by atoms with E-state index < -0.39 is 0 Å². The second-order valence-corrected chi connectivity index (χ2v) is 6.33. The molecule has 0 bridgehead atoms. The van der Waals surface area contributed by atoms with Gasteiger partial charge in [0, 0.05) is 21.2 Å². The molecule has 1 atom stereocenters. The van der Waals surface area contributed by atoms with E-state index in [0.29, 0.717) is 6.04 Å². The van der Waals surface area contributed by atoms with E-state index >= 15 is 0 Å². The quantitative estimate of drug-likeness (QED) is 0.673. The van der Waals surface area contributed by atoms with Crippen LogP contribution in [0, 0.1) is 3.57 Å². The summed E-state index contributed by atoms with van der Waals surface area (Å²) >= 11 is 2.34. The normalized spacial score (nSPS) is 12.5. The fraction of sp³-hybridized carbons (Fsp3) is 0.167. The molecule has 1 unspecified atom stereocenters. The molecule has 1 N–H and O–H groups in total. The van der Waals surface area contributed by atoms with Crippen molar-refractivity contribution < 1.29 is 0 Å². The number of para-hydroxylation sites is 1. The second kappa shape index (κ2) is 6.54. The van der Waals surface area contributed by atoms with Crippen molar-refractivity contribution >= 4 is 33.5 Å². The van der Waals surface area contributed by atoms with Gasteiger partial charge in [0.15, 0.2) is 0 Å². The van der Waals surface area contributed by atoms with E-state index in [-0.39, 0.29) is 0 Å². The van der Waals surface area contributed by atoms with Crippen molar-refractivity contribution in [2.24, 2.45) is 0 Å². The van der Waals surface area contributed by atoms with E-state index in [1.54, 1.807) is 0 Å². The predicted octanol–water partition coefficient (Wildman–Crippen LogP) is 4.34. The van der Waals surface area contributed by atoms with Crippen molar-refractivity contribution in [2.75, 3.05) is 7.05 Å². The Morgan fingerprint density at radius 3 is 2.57 bits per heavy atom. The van der Waals surface area contributed by atoms with E-state index in [2.05, 4.69) is 81.4 Å². The van der Waals surface area contributed by atoms with Crippen molar-refractivity contribution in [3.05, 3.63) is 75.5 Å². The first-order valence-electron chi connectivity index (χ1n) is 7.03. The highest BCUT2D eigenvalue weighted by Crippen LogP contribution is 2.23. The first kappa shape index (κ1) is 14.5. The van der Waals surface area contributed by atoms with Crippen molar-refractivity contribution in [2.45, 2.75) is 12.5 Å². The van der Waals surface area contributed by atoms with Gasteiger partial charge in [-0.2, -0.15) is 0 Å². The maximum atomic E-state index is 4.44. The molecule has 106 valence electrons. The summed E-state index contributed by atoms with van der Waals surface area (Å²) in [5.74, 6) is 0. The monoisotopic (exact) mass is 388 g/mol. The zero-order valence-electron chi connectivity index (χ0n) is 11.9. The number of hydrogen-bond donors (Lipinski definition) is 1. The molecule has 0 aliphatic heterocycles. The summed E-state index contributed by atoms with van der Waals surface area (Å²) in [4.78, 5) is 4.44. The number of likely N-dealkylation sites (N-methyl/N-ethyl adjacent to an activating group) is 1. The van der Waals surface area contributed by atoms with Crippen LogP contribution in [0.1, 0.15) is 17.2 Å². The van der Waals surface area contributed by atoms with Crippen LogP contribution in [0.25, 0.3) is 10.9 Å². The number of pyridine rings is 1. The fourth-order valence-corrected chi connectivity index (χ4v) is 2.99. The van der Waals surface area contributed by atoms with Crippen LogP contribution in [-0.2, 0) is 6.42 Å². The molecular weight excluding hydrogens is 371 g/mol. The Morgan fingerprint density at radius 2 is 1.81 bits per heavy atom. The van der Waals surface area contributed by atoms with Gasteiger partial charge in [0.1, 0.15) is 0 Å². The Hall–Kier alpha value is -1.46. The lowest BCUT2D eigenvalue weighted by Gasteiger charge is -2.18. The minimum atomic E-state index is 0.313. The van der Waals surface area contributed by atoms with Gasteiger partial charge in [-0.15, -0.1) is 0 Å². The Kier molecular flexibility index (Phi) is 4.51. The topological polar surface area (TPSA) is 24.9 Å². The summed E-state index contributed by atoms with van der Waals surface area (Å²) in [7, 11) is 2.02. The molecular formula is C18H17IN2. The summed E-state index contributed by atoms with van der Waals surface area (Å²) in [6, 6.07) is 19.5. The molecule has 3 heteroatoms. The number of hydrogen-bond acceptors (Lipinski definition) is 2. The van der Waals surface area contributed by atoms with Crippen LogP contribution in [0.3, 0.4) is 0 Å². The molecule has 2 nitrogen and oxygen atoms in total. The molecule has 0 saturated carbocycles. The van der Waals surface area contributed by atoms with Crippen molar-refractivity contribution in [3.8, 4) is 0 Å². The van der Waals surface area contributed by atoms with Gasteiger partial charge in [0.05, 0.1) is 5.52 Å². The third kappa shape index (κ3) is 3.24. The molecule has 2 aromatic carbocycles. The molecule has 0 radical (unpaired) electrons.